The van der Waals surface area contributed by atoms with E-state index in [1.54, 1.807) is 39.0 Å². The van der Waals surface area contributed by atoms with Gasteiger partial charge in [0.05, 0.1) is 30.7 Å². The third kappa shape index (κ3) is 5.52. The predicted molar refractivity (Wildman–Crippen MR) is 117 cm³/mol. The van der Waals surface area contributed by atoms with Gasteiger partial charge in [0.2, 0.25) is 0 Å². The van der Waals surface area contributed by atoms with Crippen LogP contribution < -0.4 is 14.8 Å². The van der Waals surface area contributed by atoms with Crippen molar-refractivity contribution in [3.8, 4) is 11.5 Å². The summed E-state index contributed by atoms with van der Waals surface area (Å²) in [5.74, 6) is 0.483. The minimum absolute atomic E-state index is 0.00484. The van der Waals surface area contributed by atoms with Gasteiger partial charge in [-0.1, -0.05) is 11.6 Å². The average molecular weight is 448 g/mol. The molecule has 3 aromatic rings. The molecular weight excluding hydrogens is 425 g/mol. The molecule has 0 aliphatic rings. The molecule has 0 fully saturated rings. The van der Waals surface area contributed by atoms with Crippen LogP contribution in [-0.2, 0) is 9.53 Å². The Hall–Kier alpha value is -3.13. The maximum absolute atomic E-state index is 13.5. The molecule has 0 amide bonds. The Kier molecular flexibility index (Phi) is 6.80. The first-order chi connectivity index (χ1) is 14.7. The van der Waals surface area contributed by atoms with Crippen LogP contribution in [-0.4, -0.2) is 35.3 Å². The summed E-state index contributed by atoms with van der Waals surface area (Å²) in [6.07, 6.45) is 1.47. The number of hydrogen-bond donors (Lipinski definition) is 1. The van der Waals surface area contributed by atoms with Gasteiger partial charge in [-0.2, -0.15) is 0 Å². The molecule has 1 heterocycles. The quantitative estimate of drug-likeness (QED) is 0.470. The number of benzene rings is 2. The first-order valence-electron chi connectivity index (χ1n) is 9.62. The van der Waals surface area contributed by atoms with Crippen molar-refractivity contribution in [3.05, 3.63) is 47.5 Å². The highest BCUT2D eigenvalue weighted by Gasteiger charge is 2.27. The third-order valence-electron chi connectivity index (χ3n) is 4.36. The number of anilines is 2. The zero-order valence-electron chi connectivity index (χ0n) is 17.7. The van der Waals surface area contributed by atoms with Crippen LogP contribution in [0.15, 0.2) is 36.7 Å². The van der Waals surface area contributed by atoms with Gasteiger partial charge in [-0.3, -0.25) is 4.79 Å². The SMILES string of the molecule is CCOC(=O)CC(C)(C)Oc1cc2c(Nc3ccc(F)c(Cl)c3)ncnc2cc1OC. The van der Waals surface area contributed by atoms with Crippen LogP contribution in [0.25, 0.3) is 10.9 Å². The number of nitrogens with zero attached hydrogens (tertiary/aromatic N) is 2. The van der Waals surface area contributed by atoms with Crippen LogP contribution in [0.3, 0.4) is 0 Å². The lowest BCUT2D eigenvalue weighted by molar-refractivity contribution is -0.146. The molecule has 0 saturated carbocycles. The Bertz CT molecular complexity index is 1110. The number of carbonyl (C=O) groups excluding carboxylic acids is 1. The highest BCUT2D eigenvalue weighted by Crippen LogP contribution is 2.37. The number of methoxy groups -OCH3 is 1. The molecule has 9 heteroatoms. The van der Waals surface area contributed by atoms with Crippen molar-refractivity contribution >= 4 is 40.0 Å². The maximum Gasteiger partial charge on any atom is 0.309 e. The van der Waals surface area contributed by atoms with E-state index in [4.69, 9.17) is 25.8 Å². The highest BCUT2D eigenvalue weighted by molar-refractivity contribution is 6.31. The third-order valence-corrected chi connectivity index (χ3v) is 4.65. The first kappa shape index (κ1) is 22.6. The molecule has 7 nitrogen and oxygen atoms in total. The van der Waals surface area contributed by atoms with Crippen molar-refractivity contribution in [2.75, 3.05) is 19.0 Å². The molecule has 0 aliphatic heterocycles. The van der Waals surface area contributed by atoms with E-state index in [1.165, 1.54) is 25.6 Å². The highest BCUT2D eigenvalue weighted by atomic mass is 35.5. The number of aromatic nitrogens is 2. The van der Waals surface area contributed by atoms with Gasteiger partial charge in [-0.05, 0) is 45.0 Å². The van der Waals surface area contributed by atoms with Crippen LogP contribution in [0.2, 0.25) is 5.02 Å². The van der Waals surface area contributed by atoms with E-state index in [1.807, 2.05) is 0 Å². The van der Waals surface area contributed by atoms with E-state index in [-0.39, 0.29) is 17.4 Å². The van der Waals surface area contributed by atoms with E-state index in [0.717, 1.165) is 0 Å². The first-order valence-corrected chi connectivity index (χ1v) is 9.99. The Balaban J connectivity index is 1.97. The van der Waals surface area contributed by atoms with E-state index in [2.05, 4.69) is 15.3 Å². The molecule has 0 atom stereocenters. The Morgan fingerprint density at radius 3 is 2.65 bits per heavy atom. The standard InChI is InChI=1S/C22H23ClFN3O4/c1-5-30-20(28)11-22(2,3)31-19-9-14-17(10-18(19)29-4)25-12-26-21(14)27-13-6-7-16(24)15(23)8-13/h6-10,12H,5,11H2,1-4H3,(H,25,26,27). The molecule has 3 rings (SSSR count). The van der Waals surface area contributed by atoms with Gasteiger partial charge in [0.1, 0.15) is 23.6 Å². The summed E-state index contributed by atoms with van der Waals surface area (Å²) in [6.45, 7) is 5.62. The van der Waals surface area contributed by atoms with E-state index in [0.29, 0.717) is 40.5 Å². The molecule has 0 unspecified atom stereocenters. The molecule has 31 heavy (non-hydrogen) atoms. The van der Waals surface area contributed by atoms with Gasteiger partial charge < -0.3 is 19.5 Å². The average Bonchev–Trinajstić information content (AvgIpc) is 2.70. The van der Waals surface area contributed by atoms with Crippen LogP contribution in [0.4, 0.5) is 15.9 Å². The fraction of sp³-hybridized carbons (Fsp3) is 0.318. The van der Waals surface area contributed by atoms with Crippen LogP contribution in [0.1, 0.15) is 27.2 Å². The lowest BCUT2D eigenvalue weighted by Gasteiger charge is -2.26. The lowest BCUT2D eigenvalue weighted by atomic mass is 10.1. The summed E-state index contributed by atoms with van der Waals surface area (Å²) >= 11 is 5.88. The zero-order valence-corrected chi connectivity index (χ0v) is 18.4. The Morgan fingerprint density at radius 1 is 1.19 bits per heavy atom. The lowest BCUT2D eigenvalue weighted by Crippen LogP contribution is -2.32. The van der Waals surface area contributed by atoms with Gasteiger partial charge in [0.15, 0.2) is 11.5 Å². The minimum Gasteiger partial charge on any atom is -0.493 e. The molecule has 2 aromatic carbocycles. The van der Waals surface area contributed by atoms with E-state index in [9.17, 15) is 9.18 Å². The Morgan fingerprint density at radius 2 is 1.97 bits per heavy atom. The number of ether oxygens (including phenoxy) is 3. The predicted octanol–water partition coefficient (Wildman–Crippen LogP) is 5.29. The monoisotopic (exact) mass is 447 g/mol. The molecule has 1 aromatic heterocycles. The molecule has 0 aliphatic carbocycles. The summed E-state index contributed by atoms with van der Waals surface area (Å²) in [4.78, 5) is 20.5. The number of carbonyl (C=O) groups is 1. The van der Waals surface area contributed by atoms with Crippen molar-refractivity contribution in [2.24, 2.45) is 0 Å². The molecule has 1 N–H and O–H groups in total. The minimum atomic E-state index is -0.846. The van der Waals surface area contributed by atoms with E-state index < -0.39 is 11.4 Å². The summed E-state index contributed by atoms with van der Waals surface area (Å²) < 4.78 is 30.1. The molecule has 0 radical (unpaired) electrons. The van der Waals surface area contributed by atoms with Gasteiger partial charge in [0.25, 0.3) is 0 Å². The maximum atomic E-state index is 13.5. The molecule has 164 valence electrons. The number of rotatable bonds is 8. The second kappa shape index (κ2) is 9.34. The summed E-state index contributed by atoms with van der Waals surface area (Å²) in [7, 11) is 1.52. The van der Waals surface area contributed by atoms with Crippen molar-refractivity contribution in [1.29, 1.82) is 0 Å². The molecule has 0 bridgehead atoms. The zero-order chi connectivity index (χ0) is 22.6. The Labute approximate surface area is 184 Å². The van der Waals surface area contributed by atoms with Crippen molar-refractivity contribution in [2.45, 2.75) is 32.8 Å². The summed E-state index contributed by atoms with van der Waals surface area (Å²) in [6, 6.07) is 7.74. The van der Waals surface area contributed by atoms with Crippen LogP contribution in [0.5, 0.6) is 11.5 Å². The largest absolute Gasteiger partial charge is 0.493 e. The van der Waals surface area contributed by atoms with Crippen LogP contribution in [0, 0.1) is 5.82 Å². The van der Waals surface area contributed by atoms with E-state index >= 15 is 0 Å². The van der Waals surface area contributed by atoms with Gasteiger partial charge >= 0.3 is 5.97 Å². The fourth-order valence-corrected chi connectivity index (χ4v) is 3.19. The number of nitrogens with one attached hydrogen (secondary N) is 1. The van der Waals surface area contributed by atoms with Crippen molar-refractivity contribution in [3.63, 3.8) is 0 Å². The number of fused-ring (bicyclic) bond motifs is 1. The number of esters is 1. The van der Waals surface area contributed by atoms with Crippen molar-refractivity contribution in [1.82, 2.24) is 9.97 Å². The summed E-state index contributed by atoms with van der Waals surface area (Å²) in [5, 5.41) is 3.76. The second-order valence-electron chi connectivity index (χ2n) is 7.34. The second-order valence-corrected chi connectivity index (χ2v) is 7.75. The van der Waals surface area contributed by atoms with Crippen LogP contribution >= 0.6 is 11.6 Å². The molecular formula is C22H23ClFN3O4. The normalized spacial score (nSPS) is 11.3. The number of hydrogen-bond acceptors (Lipinski definition) is 7. The van der Waals surface area contributed by atoms with Crippen molar-refractivity contribution < 1.29 is 23.4 Å². The summed E-state index contributed by atoms with van der Waals surface area (Å²) in [5.41, 5.74) is 0.325. The molecule has 0 saturated heterocycles. The topological polar surface area (TPSA) is 82.6 Å². The smallest absolute Gasteiger partial charge is 0.309 e. The van der Waals surface area contributed by atoms with Gasteiger partial charge in [0, 0.05) is 17.1 Å². The fourth-order valence-electron chi connectivity index (χ4n) is 3.01. The number of halogens is 2. The van der Waals surface area contributed by atoms with Gasteiger partial charge in [-0.25, -0.2) is 14.4 Å². The van der Waals surface area contributed by atoms with Gasteiger partial charge in [-0.15, -0.1) is 0 Å². The molecule has 0 spiro atoms.